The van der Waals surface area contributed by atoms with E-state index in [2.05, 4.69) is 50.8 Å². The SMILES string of the molecule is CC(=O)Oc1ccc(-c2cccc(CCC=O)n2)cc1.CN(C)C(=O)Nc1ccc(-c2cccc(CCC=O)n2)cc1.CN(C)C(=O)Oc1ccc(-c2cccc(CCC=O)n2)cc1.CN(C)C(=O)c1ccc(-c2cccc(CCC=O)n2)cc1.CNC(=O)Oc1ccc(-c2cccc(CCC=O)n2)cc1.CNC(=O)c1ccc(-c2cccc(CCC=O)n2)cc1.NC(=O)Oc1ccc(-c2cccc(CCC=O)n2)cc1. The molecule has 0 bridgehead atoms. The first-order chi connectivity index (χ1) is 70.6. The largest absolute Gasteiger partial charge is 0.427 e. The third kappa shape index (κ3) is 39.8. The van der Waals surface area contributed by atoms with Crippen LogP contribution in [0, 0.1) is 0 Å². The summed E-state index contributed by atoms with van der Waals surface area (Å²) in [5.74, 6) is 1.39. The van der Waals surface area contributed by atoms with Crippen LogP contribution in [0.15, 0.2) is 297 Å². The fourth-order valence-corrected chi connectivity index (χ4v) is 13.3. The lowest BCUT2D eigenvalue weighted by Crippen LogP contribution is -2.27. The van der Waals surface area contributed by atoms with Gasteiger partial charge in [-0.1, -0.05) is 78.9 Å². The number of urea groups is 1. The van der Waals surface area contributed by atoms with Gasteiger partial charge in [0.15, 0.2) is 0 Å². The van der Waals surface area contributed by atoms with Crippen molar-refractivity contribution in [3.63, 3.8) is 0 Å². The number of nitrogens with one attached hydrogen (secondary N) is 3. The Morgan fingerprint density at radius 3 is 0.747 bits per heavy atom. The molecule has 5 N–H and O–H groups in total. The van der Waals surface area contributed by atoms with Crippen LogP contribution in [0.4, 0.5) is 24.9 Å². The van der Waals surface area contributed by atoms with Gasteiger partial charge in [0.2, 0.25) is 0 Å². The predicted molar refractivity (Wildman–Crippen MR) is 559 cm³/mol. The molecule has 0 aliphatic carbocycles. The highest BCUT2D eigenvalue weighted by Gasteiger charge is 2.16. The Labute approximate surface area is 847 Å². The van der Waals surface area contributed by atoms with E-state index in [-0.39, 0.29) is 23.8 Å². The molecule has 7 aromatic carbocycles. The molecule has 0 spiro atoms. The Balaban J connectivity index is 0.000000208. The summed E-state index contributed by atoms with van der Waals surface area (Å²) < 4.78 is 19.9. The Kier molecular flexibility index (Phi) is 48.0. The summed E-state index contributed by atoms with van der Waals surface area (Å²) in [6.07, 6.45) is 12.3. The molecule has 32 heteroatoms. The van der Waals surface area contributed by atoms with E-state index >= 15 is 0 Å². The van der Waals surface area contributed by atoms with Crippen molar-refractivity contribution < 1.29 is 86.1 Å². The number of nitrogens with two attached hydrogens (primary N) is 1. The van der Waals surface area contributed by atoms with E-state index in [1.54, 1.807) is 139 Å². The van der Waals surface area contributed by atoms with E-state index in [1.165, 1.54) is 23.8 Å². The highest BCUT2D eigenvalue weighted by atomic mass is 16.6. The van der Waals surface area contributed by atoms with Crippen LogP contribution in [-0.2, 0) is 83.3 Å². The first-order valence-corrected chi connectivity index (χ1v) is 46.5. The molecule has 14 aromatic rings. The van der Waals surface area contributed by atoms with Gasteiger partial charge in [-0.25, -0.2) is 19.2 Å². The maximum atomic E-state index is 11.8. The predicted octanol–water partition coefficient (Wildman–Crippen LogP) is 18.5. The molecule has 0 aliphatic rings. The minimum Gasteiger partial charge on any atom is -0.427 e. The maximum Gasteiger partial charge on any atom is 0.414 e. The number of aromatic nitrogens is 7. The standard InChI is InChI=1S/C17H19N3O2.C17H18N2O3.C17H18N2O2.C16H16N2O3.C16H16N2O2.C16H15NO3.C15H14N2O3/c1-20(2)17(22)19-15-10-8-13(9-11-15)16-7-3-5-14(18-16)6-4-12-21;1-19(2)17(21)22-15-10-8-13(9-11-15)16-7-3-5-14(18-16)6-4-12-20;1-19(2)17(21)14-10-8-13(9-11-14)16-7-3-5-15(18-16)6-4-12-20;1-17-16(20)21-14-9-7-12(8-10-14)15-6-2-4-13(18-15)5-3-11-19;1-17-16(20)13-9-7-12(8-10-13)15-6-2-4-14(18-15)5-3-11-19;1-12(19)20-15-9-7-13(8-10-15)16-6-2-4-14(17-16)5-3-11-18;16-15(19)20-13-8-6-11(7-9-13)14-5-1-3-12(17-14)4-2-10-18/h3,5,7-12H,4,6H2,1-2H3,(H,19,22);3,5,7-12H,4,6H2,1-2H3;3,5,7-12H,4,6H2,1-2H3;2,4,6-11H,3,5H2,1H3,(H,17,20);2,4,6-11H,3,5H2,1H3,(H,17,20);2,4,6-11H,3,5H2,1H3;1,3,5-10H,2,4H2,(H2,16,19). The van der Waals surface area contributed by atoms with Crippen molar-refractivity contribution >= 4 is 91.8 Å². The second-order valence-corrected chi connectivity index (χ2v) is 32.4. The first-order valence-electron chi connectivity index (χ1n) is 46.5. The van der Waals surface area contributed by atoms with Crippen LogP contribution in [0.25, 0.3) is 78.8 Å². The molecule has 0 aliphatic heterocycles. The number of amides is 7. The highest BCUT2D eigenvalue weighted by molar-refractivity contribution is 5.95. The van der Waals surface area contributed by atoms with Gasteiger partial charge < -0.3 is 88.9 Å². The summed E-state index contributed by atoms with van der Waals surface area (Å²) in [5, 5.41) is 7.76. The molecular formula is C114H116N14O18. The summed E-state index contributed by atoms with van der Waals surface area (Å²) in [7, 11) is 13.2. The van der Waals surface area contributed by atoms with Crippen molar-refractivity contribution in [3.05, 3.63) is 348 Å². The quantitative estimate of drug-likeness (QED) is 0.0163. The van der Waals surface area contributed by atoms with Crippen molar-refractivity contribution in [1.82, 2.24) is 60.2 Å². The smallest absolute Gasteiger partial charge is 0.414 e. The highest BCUT2D eigenvalue weighted by Crippen LogP contribution is 2.29. The lowest BCUT2D eigenvalue weighted by molar-refractivity contribution is -0.132. The number of hydrogen-bond donors (Lipinski definition) is 4. The van der Waals surface area contributed by atoms with Crippen LogP contribution in [0.3, 0.4) is 0 Å². The molecule has 0 fully saturated rings. The Bertz CT molecular complexity index is 6380. The first kappa shape index (κ1) is 113. The molecule has 7 heterocycles. The summed E-state index contributed by atoms with van der Waals surface area (Å²) in [4.78, 5) is 188. The minimum atomic E-state index is -0.841. The van der Waals surface area contributed by atoms with Gasteiger partial charge in [0, 0.05) is 204 Å². The number of aryl methyl sites for hydroxylation is 7. The zero-order valence-corrected chi connectivity index (χ0v) is 82.6. The average Bonchev–Trinajstić information content (AvgIpc) is 0.842. The third-order valence-electron chi connectivity index (χ3n) is 20.7. The van der Waals surface area contributed by atoms with Crippen molar-refractivity contribution in [1.29, 1.82) is 0 Å². The molecule has 146 heavy (non-hydrogen) atoms. The summed E-state index contributed by atoms with van der Waals surface area (Å²) in [6.45, 7) is 1.37. The second kappa shape index (κ2) is 62.0. The van der Waals surface area contributed by atoms with Crippen molar-refractivity contribution in [2.45, 2.75) is 96.8 Å². The summed E-state index contributed by atoms with van der Waals surface area (Å²) in [6, 6.07) is 90.5. The van der Waals surface area contributed by atoms with Crippen molar-refractivity contribution in [2.75, 3.05) is 61.7 Å². The number of pyridine rings is 7. The molecule has 0 unspecified atom stereocenters. The zero-order valence-electron chi connectivity index (χ0n) is 82.6. The van der Waals surface area contributed by atoms with Gasteiger partial charge in [-0.15, -0.1) is 0 Å². The molecule has 7 aromatic heterocycles. The fraction of sp³-hybridized carbons (Fsp3) is 0.202. The maximum absolute atomic E-state index is 11.8. The number of primary amides is 1. The van der Waals surface area contributed by atoms with Crippen LogP contribution in [0.5, 0.6) is 23.0 Å². The van der Waals surface area contributed by atoms with Gasteiger partial charge in [0.25, 0.3) is 11.8 Å². The number of benzene rings is 7. The molecule has 0 saturated heterocycles. The minimum absolute atomic E-state index is 0.0192. The molecule has 14 rings (SSSR count). The van der Waals surface area contributed by atoms with E-state index in [4.69, 9.17) is 24.7 Å². The number of ether oxygens (including phenoxy) is 4. The number of anilines is 1. The van der Waals surface area contributed by atoms with Crippen molar-refractivity contribution in [3.8, 4) is 102 Å². The van der Waals surface area contributed by atoms with E-state index < -0.39 is 18.3 Å². The summed E-state index contributed by atoms with van der Waals surface area (Å²) in [5.41, 5.74) is 25.6. The molecule has 32 nitrogen and oxygen atoms in total. The summed E-state index contributed by atoms with van der Waals surface area (Å²) >= 11 is 0. The van der Waals surface area contributed by atoms with Crippen LogP contribution in [-0.4, -0.2) is 192 Å². The molecule has 7 amide bonds. The van der Waals surface area contributed by atoms with Gasteiger partial charge in [0.05, 0.1) is 39.9 Å². The van der Waals surface area contributed by atoms with E-state index in [1.807, 2.05) is 212 Å². The van der Waals surface area contributed by atoms with Gasteiger partial charge in [-0.05, 0) is 263 Å². The molecule has 0 saturated carbocycles. The normalized spacial score (nSPS) is 10.1. The topological polar surface area (TPSA) is 438 Å². The van der Waals surface area contributed by atoms with Gasteiger partial charge >= 0.3 is 30.3 Å². The number of carbonyl (C=O) groups is 14. The lowest BCUT2D eigenvalue weighted by atomic mass is 10.1. The zero-order chi connectivity index (χ0) is 105. The molecule has 0 radical (unpaired) electrons. The number of nitrogens with zero attached hydrogens (tertiary/aromatic N) is 10. The van der Waals surface area contributed by atoms with Gasteiger partial charge in [0.1, 0.15) is 67.0 Å². The van der Waals surface area contributed by atoms with Crippen LogP contribution < -0.4 is 40.6 Å². The Morgan fingerprint density at radius 1 is 0.281 bits per heavy atom. The van der Waals surface area contributed by atoms with Gasteiger partial charge in [-0.3, -0.25) is 49.3 Å². The van der Waals surface area contributed by atoms with E-state index in [0.717, 1.165) is 168 Å². The Morgan fingerprint density at radius 2 is 0.521 bits per heavy atom. The van der Waals surface area contributed by atoms with Crippen LogP contribution in [0.2, 0.25) is 0 Å². The number of aldehydes is 7. The average molecular weight is 1970 g/mol. The van der Waals surface area contributed by atoms with E-state index in [0.29, 0.717) is 124 Å². The molecule has 0 atom stereocenters. The van der Waals surface area contributed by atoms with Crippen molar-refractivity contribution in [2.24, 2.45) is 5.73 Å². The number of esters is 1. The van der Waals surface area contributed by atoms with E-state index in [9.17, 15) is 67.1 Å². The monoisotopic (exact) mass is 1970 g/mol. The lowest BCUT2D eigenvalue weighted by Gasteiger charge is -2.12. The Hall–Kier alpha value is -18.2. The number of hydrogen-bond acceptors (Lipinski definition) is 25. The number of carbonyl (C=O) groups excluding carboxylic acids is 14. The van der Waals surface area contributed by atoms with Crippen LogP contribution in [0.1, 0.15) is 112 Å². The fourth-order valence-electron chi connectivity index (χ4n) is 13.3. The third-order valence-corrected chi connectivity index (χ3v) is 20.7. The molecule has 750 valence electrons. The number of rotatable bonds is 35. The molecular weight excluding hydrogens is 1850 g/mol. The van der Waals surface area contributed by atoms with Gasteiger partial charge in [-0.2, -0.15) is 0 Å². The second-order valence-electron chi connectivity index (χ2n) is 32.4. The van der Waals surface area contributed by atoms with Crippen LogP contribution >= 0.6 is 0 Å².